The molecule has 0 aliphatic heterocycles. The first kappa shape index (κ1) is 12.6. The van der Waals surface area contributed by atoms with E-state index in [0.29, 0.717) is 5.82 Å². The highest BCUT2D eigenvalue weighted by atomic mass is 79.9. The van der Waals surface area contributed by atoms with Crippen LogP contribution in [0.25, 0.3) is 0 Å². The second-order valence-electron chi connectivity index (χ2n) is 3.47. The molecule has 6 heteroatoms. The molecule has 0 spiro atoms. The zero-order valence-corrected chi connectivity index (χ0v) is 10.8. The highest BCUT2D eigenvalue weighted by Gasteiger charge is 2.17. The molecule has 4 nitrogen and oxygen atoms in total. The summed E-state index contributed by atoms with van der Waals surface area (Å²) in [6.45, 7) is 0.161. The number of hydrogen-bond donors (Lipinski definition) is 0. The lowest BCUT2D eigenvalue weighted by atomic mass is 10.2. The Kier molecular flexibility index (Phi) is 3.99. The van der Waals surface area contributed by atoms with Gasteiger partial charge in [0.05, 0.1) is 28.3 Å². The molecule has 0 atom stereocenters. The fourth-order valence-corrected chi connectivity index (χ4v) is 1.79. The van der Waals surface area contributed by atoms with Crippen molar-refractivity contribution in [1.29, 1.82) is 0 Å². The van der Waals surface area contributed by atoms with Gasteiger partial charge in [-0.1, -0.05) is 12.1 Å². The molecule has 0 saturated heterocycles. The average Bonchev–Trinajstić information content (AvgIpc) is 2.39. The van der Waals surface area contributed by atoms with E-state index in [1.807, 2.05) is 0 Å². The van der Waals surface area contributed by atoms with Gasteiger partial charge in [-0.05, 0) is 18.2 Å². The predicted molar refractivity (Wildman–Crippen MR) is 67.2 cm³/mol. The number of halogens is 2. The van der Waals surface area contributed by atoms with Crippen molar-refractivity contribution in [3.8, 4) is 0 Å². The van der Waals surface area contributed by atoms with E-state index < -0.39 is 11.7 Å². The van der Waals surface area contributed by atoms with Crippen LogP contribution in [-0.2, 0) is 6.54 Å². The van der Waals surface area contributed by atoms with E-state index in [-0.39, 0.29) is 12.1 Å². The second-order valence-corrected chi connectivity index (χ2v) is 4.33. The fourth-order valence-electron chi connectivity index (χ4n) is 1.37. The van der Waals surface area contributed by atoms with E-state index in [9.17, 15) is 9.18 Å². The molecule has 0 unspecified atom stereocenters. The number of aromatic nitrogens is 2. The zero-order chi connectivity index (χ0) is 13.0. The van der Waals surface area contributed by atoms with Crippen molar-refractivity contribution >= 4 is 22.1 Å². The Balaban J connectivity index is 2.13. The number of carbonyl (C=O) groups excluding carboxylic acids is 1. The first-order chi connectivity index (χ1) is 8.68. The molecule has 0 N–H and O–H groups in total. The molecule has 1 amide bonds. The fraction of sp³-hybridized carbons (Fsp3) is 0.0833. The summed E-state index contributed by atoms with van der Waals surface area (Å²) in [7, 11) is 0. The van der Waals surface area contributed by atoms with Crippen LogP contribution in [0.4, 0.5) is 4.39 Å². The minimum Gasteiger partial charge on any atom is -0.268 e. The number of nitrogens with zero attached hydrogens (tertiary/aromatic N) is 3. The maximum Gasteiger partial charge on any atom is 0.267 e. The summed E-state index contributed by atoms with van der Waals surface area (Å²) in [4.78, 5) is 19.9. The minimum atomic E-state index is -0.555. The van der Waals surface area contributed by atoms with Gasteiger partial charge in [-0.15, -0.1) is 0 Å². The van der Waals surface area contributed by atoms with Crippen LogP contribution in [0.2, 0.25) is 0 Å². The van der Waals surface area contributed by atoms with Crippen molar-refractivity contribution in [2.75, 3.05) is 0 Å². The van der Waals surface area contributed by atoms with E-state index in [0.717, 1.165) is 0 Å². The van der Waals surface area contributed by atoms with E-state index >= 15 is 0 Å². The Morgan fingerprint density at radius 2 is 1.89 bits per heavy atom. The highest BCUT2D eigenvalue weighted by molar-refractivity contribution is 9.07. The van der Waals surface area contributed by atoms with Gasteiger partial charge in [-0.2, -0.15) is 0 Å². The summed E-state index contributed by atoms with van der Waals surface area (Å²) in [6.07, 6.45) is 3.16. The Morgan fingerprint density at radius 3 is 2.56 bits per heavy atom. The Bertz CT molecular complexity index is 550. The number of amides is 1. The van der Waals surface area contributed by atoms with Gasteiger partial charge in [0.2, 0.25) is 0 Å². The summed E-state index contributed by atoms with van der Waals surface area (Å²) in [5.74, 6) is -0.555. The Morgan fingerprint density at radius 1 is 1.22 bits per heavy atom. The van der Waals surface area contributed by atoms with Crippen molar-refractivity contribution in [3.05, 3.63) is 59.9 Å². The smallest absolute Gasteiger partial charge is 0.267 e. The third kappa shape index (κ3) is 2.89. The molecule has 0 fully saturated rings. The van der Waals surface area contributed by atoms with Crippen LogP contribution in [0.1, 0.15) is 16.2 Å². The summed E-state index contributed by atoms with van der Waals surface area (Å²) < 4.78 is 14.6. The van der Waals surface area contributed by atoms with Crippen molar-refractivity contribution in [2.45, 2.75) is 6.54 Å². The third-order valence-corrected chi connectivity index (χ3v) is 2.80. The molecule has 92 valence electrons. The lowest BCUT2D eigenvalue weighted by Crippen LogP contribution is -2.22. The van der Waals surface area contributed by atoms with Crippen LogP contribution in [0.5, 0.6) is 0 Å². The molecule has 2 rings (SSSR count). The monoisotopic (exact) mass is 309 g/mol. The van der Waals surface area contributed by atoms with E-state index in [1.165, 1.54) is 22.1 Å². The number of carbonyl (C=O) groups is 1. The van der Waals surface area contributed by atoms with Gasteiger partial charge in [0, 0.05) is 12.4 Å². The van der Waals surface area contributed by atoms with Crippen molar-refractivity contribution in [2.24, 2.45) is 0 Å². The molecule has 2 aromatic rings. The van der Waals surface area contributed by atoms with Crippen LogP contribution in [0.15, 0.2) is 42.7 Å². The molecule has 1 aromatic carbocycles. The summed E-state index contributed by atoms with van der Waals surface area (Å²) in [5, 5.41) is 0. The lowest BCUT2D eigenvalue weighted by molar-refractivity contribution is 0.0867. The Labute approximate surface area is 112 Å². The zero-order valence-electron chi connectivity index (χ0n) is 9.25. The number of hydrogen-bond acceptors (Lipinski definition) is 3. The van der Waals surface area contributed by atoms with Crippen molar-refractivity contribution in [1.82, 2.24) is 13.9 Å². The summed E-state index contributed by atoms with van der Waals surface area (Å²) >= 11 is 3.09. The molecule has 18 heavy (non-hydrogen) atoms. The molecule has 0 aliphatic carbocycles. The maximum atomic E-state index is 13.4. The van der Waals surface area contributed by atoms with Gasteiger partial charge in [-0.25, -0.2) is 14.4 Å². The first-order valence-electron chi connectivity index (χ1n) is 5.16. The topological polar surface area (TPSA) is 46.1 Å². The molecule has 0 aliphatic rings. The molecule has 0 radical (unpaired) electrons. The SMILES string of the molecule is O=C(c1ccccc1F)N(Br)Cc1ncccn1. The molecular weight excluding hydrogens is 301 g/mol. The third-order valence-electron chi connectivity index (χ3n) is 2.22. The van der Waals surface area contributed by atoms with Gasteiger partial charge in [0.1, 0.15) is 11.6 Å². The van der Waals surface area contributed by atoms with Crippen LogP contribution in [0, 0.1) is 5.82 Å². The van der Waals surface area contributed by atoms with Crippen LogP contribution < -0.4 is 0 Å². The average molecular weight is 310 g/mol. The van der Waals surface area contributed by atoms with Gasteiger partial charge in [0.25, 0.3) is 5.91 Å². The highest BCUT2D eigenvalue weighted by Crippen LogP contribution is 2.14. The molecular formula is C12H9BrFN3O. The number of rotatable bonds is 3. The molecule has 1 aromatic heterocycles. The van der Waals surface area contributed by atoms with Crippen LogP contribution in [0.3, 0.4) is 0 Å². The minimum absolute atomic E-state index is 0.00491. The van der Waals surface area contributed by atoms with E-state index in [2.05, 4.69) is 26.1 Å². The van der Waals surface area contributed by atoms with Gasteiger partial charge in [0.15, 0.2) is 0 Å². The van der Waals surface area contributed by atoms with Crippen molar-refractivity contribution < 1.29 is 9.18 Å². The van der Waals surface area contributed by atoms with E-state index in [4.69, 9.17) is 0 Å². The predicted octanol–water partition coefficient (Wildman–Crippen LogP) is 2.57. The molecule has 0 bridgehead atoms. The normalized spacial score (nSPS) is 10.1. The van der Waals surface area contributed by atoms with Gasteiger partial charge in [-0.3, -0.25) is 8.72 Å². The summed E-state index contributed by atoms with van der Waals surface area (Å²) in [6, 6.07) is 7.49. The largest absolute Gasteiger partial charge is 0.268 e. The van der Waals surface area contributed by atoms with Crippen LogP contribution in [-0.4, -0.2) is 19.8 Å². The standard InChI is InChI=1S/C12H9BrFN3O/c13-17(8-11-15-6-3-7-16-11)12(18)9-4-1-2-5-10(9)14/h1-7H,8H2. The van der Waals surface area contributed by atoms with E-state index in [1.54, 1.807) is 24.5 Å². The molecule has 0 saturated carbocycles. The maximum absolute atomic E-state index is 13.4. The quantitative estimate of drug-likeness (QED) is 0.819. The Hall–Kier alpha value is -1.82. The number of benzene rings is 1. The second kappa shape index (κ2) is 5.68. The molecule has 1 heterocycles. The summed E-state index contributed by atoms with van der Waals surface area (Å²) in [5.41, 5.74) is 0.00491. The first-order valence-corrected chi connectivity index (χ1v) is 5.87. The van der Waals surface area contributed by atoms with Crippen molar-refractivity contribution in [3.63, 3.8) is 0 Å². The lowest BCUT2D eigenvalue weighted by Gasteiger charge is -2.13. The van der Waals surface area contributed by atoms with Gasteiger partial charge >= 0.3 is 0 Å². The van der Waals surface area contributed by atoms with Crippen LogP contribution >= 0.6 is 16.1 Å². The van der Waals surface area contributed by atoms with Gasteiger partial charge < -0.3 is 0 Å².